The Balaban J connectivity index is 2.28. The largest absolute Gasteiger partial charge is 0.476 e. The van der Waals surface area contributed by atoms with Gasteiger partial charge in [0.2, 0.25) is 5.83 Å². The summed E-state index contributed by atoms with van der Waals surface area (Å²) < 4.78 is 14.5. The quantitative estimate of drug-likeness (QED) is 0.850. The lowest BCUT2D eigenvalue weighted by Gasteiger charge is -2.13. The minimum absolute atomic E-state index is 0.655. The van der Waals surface area contributed by atoms with Gasteiger partial charge in [-0.3, -0.25) is 0 Å². The Morgan fingerprint density at radius 1 is 1.48 bits per heavy atom. The third kappa shape index (κ3) is 2.57. The van der Waals surface area contributed by atoms with Gasteiger partial charge in [-0.1, -0.05) is 11.6 Å². The van der Waals surface area contributed by atoms with Gasteiger partial charge >= 0.3 is 5.97 Å². The van der Waals surface area contributed by atoms with Crippen LogP contribution in [0.4, 0.5) is 4.39 Å². The zero-order valence-electron chi connectivity index (χ0n) is 11.3. The number of carboxylic acids is 1. The number of carboxylic acid groups (broad SMARTS) is 1. The van der Waals surface area contributed by atoms with Crippen molar-refractivity contribution in [3.63, 3.8) is 0 Å². The topological polar surface area (TPSA) is 40.5 Å². The molecule has 0 saturated heterocycles. The second-order valence-corrected chi connectivity index (χ2v) is 6.62. The van der Waals surface area contributed by atoms with Crippen molar-refractivity contribution in [1.82, 2.24) is 4.90 Å². The number of rotatable bonds is 2. The zero-order valence-corrected chi connectivity index (χ0v) is 12.9. The highest BCUT2D eigenvalue weighted by molar-refractivity contribution is 7.20. The molecule has 1 aromatic heterocycles. The molecule has 1 aliphatic heterocycles. The molecular weight excluding hydrogens is 313 g/mol. The number of hydrogen-bond acceptors (Lipinski definition) is 3. The van der Waals surface area contributed by atoms with E-state index in [0.29, 0.717) is 16.4 Å². The van der Waals surface area contributed by atoms with Gasteiger partial charge in [-0.05, 0) is 42.8 Å². The molecule has 0 bridgehead atoms. The minimum Gasteiger partial charge on any atom is -0.476 e. The minimum atomic E-state index is -1.54. The molecular formula is C15H13ClFNO2S. The Labute approximate surface area is 130 Å². The monoisotopic (exact) mass is 325 g/mol. The van der Waals surface area contributed by atoms with Crippen molar-refractivity contribution in [2.45, 2.75) is 13.0 Å². The molecule has 3 nitrogen and oxygen atoms in total. The van der Waals surface area contributed by atoms with Crippen LogP contribution in [0.3, 0.4) is 0 Å². The summed E-state index contributed by atoms with van der Waals surface area (Å²) in [4.78, 5) is 13.5. The number of nitrogens with zero attached hydrogens (tertiary/aromatic N) is 1. The van der Waals surface area contributed by atoms with E-state index < -0.39 is 11.8 Å². The first-order valence-corrected chi connectivity index (χ1v) is 7.68. The van der Waals surface area contributed by atoms with E-state index in [2.05, 4.69) is 4.90 Å². The van der Waals surface area contributed by atoms with E-state index in [0.717, 1.165) is 40.3 Å². The Bertz CT molecular complexity index is 769. The molecule has 2 aromatic rings. The summed E-state index contributed by atoms with van der Waals surface area (Å²) in [5, 5.41) is 10.5. The Hall–Kier alpha value is -1.43. The number of halogens is 2. The lowest BCUT2D eigenvalue weighted by atomic mass is 10.0. The maximum atomic E-state index is 13.5. The van der Waals surface area contributed by atoms with Crippen LogP contribution >= 0.6 is 22.9 Å². The van der Waals surface area contributed by atoms with Gasteiger partial charge in [0.15, 0.2) is 0 Å². The van der Waals surface area contributed by atoms with Crippen LogP contribution in [0.1, 0.15) is 16.0 Å². The van der Waals surface area contributed by atoms with Gasteiger partial charge in [0, 0.05) is 33.1 Å². The third-order valence-electron chi connectivity index (χ3n) is 3.67. The normalized spacial score (nSPS) is 16.2. The molecule has 1 aromatic carbocycles. The molecule has 0 fully saturated rings. The van der Waals surface area contributed by atoms with Gasteiger partial charge in [-0.25, -0.2) is 4.79 Å². The van der Waals surface area contributed by atoms with Crippen molar-refractivity contribution in [3.8, 4) is 0 Å². The van der Waals surface area contributed by atoms with Crippen LogP contribution in [0.2, 0.25) is 5.02 Å². The van der Waals surface area contributed by atoms with Crippen molar-refractivity contribution < 1.29 is 14.3 Å². The molecule has 6 heteroatoms. The second kappa shape index (κ2) is 5.40. The molecule has 21 heavy (non-hydrogen) atoms. The van der Waals surface area contributed by atoms with Crippen molar-refractivity contribution in [2.24, 2.45) is 0 Å². The molecule has 0 atom stereocenters. The summed E-state index contributed by atoms with van der Waals surface area (Å²) >= 11 is 7.70. The highest BCUT2D eigenvalue weighted by atomic mass is 35.5. The lowest BCUT2D eigenvalue weighted by molar-refractivity contribution is -0.134. The molecule has 0 saturated carbocycles. The maximum Gasteiger partial charge on any atom is 0.364 e. The number of hydrogen-bond donors (Lipinski definition) is 1. The first kappa shape index (κ1) is 14.5. The standard InChI is InChI=1S/C15H13ClFNO2S/c1-18-5-4-8-10(16)2-3-12-14(8)9(7-18)13(21-12)6-11(17)15(19)20/h2-3,6H,4-5,7H2,1H3,(H,19,20)/b11-6-. The van der Waals surface area contributed by atoms with Gasteiger partial charge in [0.1, 0.15) is 0 Å². The molecule has 0 spiro atoms. The summed E-state index contributed by atoms with van der Waals surface area (Å²) in [5.74, 6) is -2.68. The number of thiophene rings is 1. The van der Waals surface area contributed by atoms with Crippen molar-refractivity contribution in [1.29, 1.82) is 0 Å². The van der Waals surface area contributed by atoms with E-state index in [1.54, 1.807) is 0 Å². The predicted octanol–water partition coefficient (Wildman–Crippen LogP) is 3.94. The molecule has 110 valence electrons. The summed E-state index contributed by atoms with van der Waals surface area (Å²) in [7, 11) is 1.99. The lowest BCUT2D eigenvalue weighted by Crippen LogP contribution is -2.18. The van der Waals surface area contributed by atoms with Crippen LogP contribution in [0.25, 0.3) is 16.2 Å². The number of likely N-dealkylation sites (N-methyl/N-ethyl adjacent to an activating group) is 1. The van der Waals surface area contributed by atoms with Crippen LogP contribution in [0.5, 0.6) is 0 Å². The van der Waals surface area contributed by atoms with Gasteiger partial charge in [-0.15, -0.1) is 11.3 Å². The van der Waals surface area contributed by atoms with Crippen molar-refractivity contribution in [3.05, 3.63) is 39.0 Å². The molecule has 0 unspecified atom stereocenters. The summed E-state index contributed by atoms with van der Waals surface area (Å²) in [6, 6.07) is 3.77. The van der Waals surface area contributed by atoms with Crippen molar-refractivity contribution in [2.75, 3.05) is 13.6 Å². The number of benzene rings is 1. The van der Waals surface area contributed by atoms with Gasteiger partial charge in [0.25, 0.3) is 0 Å². The van der Waals surface area contributed by atoms with Crippen LogP contribution < -0.4 is 0 Å². The summed E-state index contributed by atoms with van der Waals surface area (Å²) in [6.07, 6.45) is 1.94. The van der Waals surface area contributed by atoms with Gasteiger partial charge in [0.05, 0.1) is 0 Å². The fourth-order valence-electron chi connectivity index (χ4n) is 2.67. The van der Waals surface area contributed by atoms with Crippen molar-refractivity contribution >= 4 is 45.1 Å². The fraction of sp³-hybridized carbons (Fsp3) is 0.267. The average Bonchev–Trinajstić information content (AvgIpc) is 2.64. The highest BCUT2D eigenvalue weighted by Gasteiger charge is 2.22. The molecule has 0 aliphatic carbocycles. The molecule has 0 amide bonds. The Morgan fingerprint density at radius 2 is 2.24 bits per heavy atom. The zero-order chi connectivity index (χ0) is 15.1. The highest BCUT2D eigenvalue weighted by Crippen LogP contribution is 2.40. The van der Waals surface area contributed by atoms with Crippen LogP contribution in [-0.2, 0) is 17.8 Å². The molecule has 1 aliphatic rings. The SMILES string of the molecule is CN1CCc2c(Cl)ccc3sc(/C=C(\F)C(=O)O)c(c23)C1. The first-order valence-electron chi connectivity index (χ1n) is 6.49. The molecule has 1 N–H and O–H groups in total. The van der Waals surface area contributed by atoms with Gasteiger partial charge < -0.3 is 10.0 Å². The van der Waals surface area contributed by atoms with E-state index >= 15 is 0 Å². The Morgan fingerprint density at radius 3 is 2.95 bits per heavy atom. The third-order valence-corrected chi connectivity index (χ3v) is 5.17. The van der Waals surface area contributed by atoms with Crippen LogP contribution in [-0.4, -0.2) is 29.6 Å². The van der Waals surface area contributed by atoms with Crippen LogP contribution in [0, 0.1) is 0 Å². The van der Waals surface area contributed by atoms with E-state index in [1.165, 1.54) is 11.3 Å². The molecule has 0 radical (unpaired) electrons. The number of aliphatic carboxylic acids is 1. The fourth-order valence-corrected chi connectivity index (χ4v) is 4.09. The smallest absolute Gasteiger partial charge is 0.364 e. The van der Waals surface area contributed by atoms with Gasteiger partial charge in [-0.2, -0.15) is 4.39 Å². The van der Waals surface area contributed by atoms with E-state index in [4.69, 9.17) is 16.7 Å². The van der Waals surface area contributed by atoms with Crippen LogP contribution in [0.15, 0.2) is 18.0 Å². The molecule has 3 rings (SSSR count). The average molecular weight is 326 g/mol. The maximum absolute atomic E-state index is 13.5. The van der Waals surface area contributed by atoms with E-state index in [9.17, 15) is 9.18 Å². The molecule has 2 heterocycles. The second-order valence-electron chi connectivity index (χ2n) is 5.13. The Kier molecular flexibility index (Phi) is 3.73. The predicted molar refractivity (Wildman–Crippen MR) is 83.6 cm³/mol. The first-order chi connectivity index (χ1) is 9.97. The van der Waals surface area contributed by atoms with E-state index in [1.807, 2.05) is 19.2 Å². The summed E-state index contributed by atoms with van der Waals surface area (Å²) in [6.45, 7) is 1.52. The number of carbonyl (C=O) groups is 1. The summed E-state index contributed by atoms with van der Waals surface area (Å²) in [5.41, 5.74) is 2.03. The van der Waals surface area contributed by atoms with E-state index in [-0.39, 0.29) is 0 Å².